The Morgan fingerprint density at radius 3 is 2.06 bits per heavy atom. The van der Waals surface area contributed by atoms with Crippen molar-refractivity contribution in [3.05, 3.63) is 23.2 Å². The molecule has 1 rings (SSSR count). The number of hydrogen-bond donors (Lipinski definition) is 1. The lowest BCUT2D eigenvalue weighted by Gasteiger charge is -2.14. The molecule has 0 bridgehead atoms. The van der Waals surface area contributed by atoms with Crippen molar-refractivity contribution in [2.75, 3.05) is 0 Å². The van der Waals surface area contributed by atoms with Crippen molar-refractivity contribution in [1.82, 2.24) is 0 Å². The zero-order chi connectivity index (χ0) is 12.7. The number of alkyl halides is 3. The van der Waals surface area contributed by atoms with Gasteiger partial charge in [-0.2, -0.15) is 13.2 Å². The van der Waals surface area contributed by atoms with E-state index in [0.717, 1.165) is 6.07 Å². The third kappa shape index (κ3) is 2.37. The molecule has 0 aromatic carbocycles. The average Bonchev–Trinajstić information content (AvgIpc) is 2.44. The Hall–Kier alpha value is -1.46. The van der Waals surface area contributed by atoms with Gasteiger partial charge in [0.25, 0.3) is 0 Å². The number of aromatic carboxylic acids is 1. The SMILES string of the molecule is CC(C)(C)c1cc(C(=O)O)c(C(F)(F)F)o1. The molecule has 90 valence electrons. The molecule has 1 N–H and O–H groups in total. The number of hydrogen-bond acceptors (Lipinski definition) is 2. The van der Waals surface area contributed by atoms with Gasteiger partial charge in [0.05, 0.1) is 0 Å². The summed E-state index contributed by atoms with van der Waals surface area (Å²) in [6, 6.07) is 0.922. The normalized spacial score (nSPS) is 12.9. The van der Waals surface area contributed by atoms with E-state index in [1.54, 1.807) is 20.8 Å². The van der Waals surface area contributed by atoms with Crippen molar-refractivity contribution in [3.63, 3.8) is 0 Å². The van der Waals surface area contributed by atoms with Gasteiger partial charge in [0.15, 0.2) is 0 Å². The maximum atomic E-state index is 12.5. The van der Waals surface area contributed by atoms with Gasteiger partial charge in [0, 0.05) is 5.41 Å². The van der Waals surface area contributed by atoms with Crippen molar-refractivity contribution in [3.8, 4) is 0 Å². The molecule has 0 saturated carbocycles. The quantitative estimate of drug-likeness (QED) is 0.813. The van der Waals surface area contributed by atoms with Crippen molar-refractivity contribution in [2.24, 2.45) is 0 Å². The predicted molar refractivity (Wildman–Crippen MR) is 49.4 cm³/mol. The Kier molecular flexibility index (Phi) is 2.79. The molecule has 6 heteroatoms. The van der Waals surface area contributed by atoms with Crippen LogP contribution in [0.25, 0.3) is 0 Å². The summed E-state index contributed by atoms with van der Waals surface area (Å²) in [4.78, 5) is 10.6. The van der Waals surface area contributed by atoms with Crippen molar-refractivity contribution < 1.29 is 27.5 Å². The van der Waals surface area contributed by atoms with E-state index in [0.29, 0.717) is 0 Å². The first-order valence-corrected chi connectivity index (χ1v) is 4.48. The van der Waals surface area contributed by atoms with E-state index in [4.69, 9.17) is 5.11 Å². The van der Waals surface area contributed by atoms with E-state index in [1.807, 2.05) is 0 Å². The van der Waals surface area contributed by atoms with E-state index in [2.05, 4.69) is 4.42 Å². The lowest BCUT2D eigenvalue weighted by molar-refractivity contribution is -0.154. The molecule has 0 spiro atoms. The van der Waals surface area contributed by atoms with Crippen LogP contribution in [0.3, 0.4) is 0 Å². The smallest absolute Gasteiger partial charge is 0.450 e. The van der Waals surface area contributed by atoms with E-state index in [1.165, 1.54) is 0 Å². The fourth-order valence-corrected chi connectivity index (χ4v) is 1.13. The van der Waals surface area contributed by atoms with Gasteiger partial charge in [-0.1, -0.05) is 20.8 Å². The maximum absolute atomic E-state index is 12.5. The van der Waals surface area contributed by atoms with Gasteiger partial charge in [0.2, 0.25) is 5.76 Å². The van der Waals surface area contributed by atoms with Crippen molar-refractivity contribution in [1.29, 1.82) is 0 Å². The molecule has 0 amide bonds. The second-order valence-corrected chi connectivity index (χ2v) is 4.41. The topological polar surface area (TPSA) is 50.4 Å². The number of carboxylic acids is 1. The molecule has 0 aliphatic rings. The Labute approximate surface area is 89.9 Å². The molecule has 1 aromatic heterocycles. The molecule has 0 fully saturated rings. The summed E-state index contributed by atoms with van der Waals surface area (Å²) in [5.41, 5.74) is -1.52. The predicted octanol–water partition coefficient (Wildman–Crippen LogP) is 3.29. The number of carboxylic acid groups (broad SMARTS) is 1. The van der Waals surface area contributed by atoms with Gasteiger partial charge in [-0.3, -0.25) is 0 Å². The van der Waals surface area contributed by atoms with Crippen LogP contribution in [-0.2, 0) is 11.6 Å². The van der Waals surface area contributed by atoms with Gasteiger partial charge in [-0.15, -0.1) is 0 Å². The minimum atomic E-state index is -4.79. The van der Waals surface area contributed by atoms with E-state index in [-0.39, 0.29) is 5.76 Å². The van der Waals surface area contributed by atoms with Crippen molar-refractivity contribution in [2.45, 2.75) is 32.4 Å². The third-order valence-corrected chi connectivity index (χ3v) is 1.96. The Bertz CT molecular complexity index is 410. The molecule has 1 heterocycles. The van der Waals surface area contributed by atoms with Gasteiger partial charge in [-0.05, 0) is 6.07 Å². The van der Waals surface area contributed by atoms with Crippen LogP contribution < -0.4 is 0 Å². The fourth-order valence-electron chi connectivity index (χ4n) is 1.13. The minimum absolute atomic E-state index is 0.00257. The molecular weight excluding hydrogens is 225 g/mol. The van der Waals surface area contributed by atoms with Crippen LogP contribution >= 0.6 is 0 Å². The minimum Gasteiger partial charge on any atom is -0.478 e. The van der Waals surface area contributed by atoms with E-state index >= 15 is 0 Å². The molecule has 3 nitrogen and oxygen atoms in total. The van der Waals surface area contributed by atoms with E-state index in [9.17, 15) is 18.0 Å². The van der Waals surface area contributed by atoms with Gasteiger partial charge in [0.1, 0.15) is 11.3 Å². The van der Waals surface area contributed by atoms with Crippen LogP contribution in [0.4, 0.5) is 13.2 Å². The molecule has 0 atom stereocenters. The molecular formula is C10H11F3O3. The molecule has 1 aromatic rings. The maximum Gasteiger partial charge on any atom is 0.450 e. The highest BCUT2D eigenvalue weighted by molar-refractivity contribution is 5.89. The highest BCUT2D eigenvalue weighted by Crippen LogP contribution is 2.37. The lowest BCUT2D eigenvalue weighted by atomic mass is 9.93. The van der Waals surface area contributed by atoms with Crippen LogP contribution in [-0.4, -0.2) is 11.1 Å². The standard InChI is InChI=1S/C10H11F3O3/c1-9(2,3)6-4-5(8(14)15)7(16-6)10(11,12)13/h4H,1-3H3,(H,14,15). The van der Waals surface area contributed by atoms with Crippen molar-refractivity contribution >= 4 is 5.97 Å². The van der Waals surface area contributed by atoms with Gasteiger partial charge >= 0.3 is 12.1 Å². The van der Waals surface area contributed by atoms with Crippen LogP contribution in [0, 0.1) is 0 Å². The third-order valence-electron chi connectivity index (χ3n) is 1.96. The number of halogens is 3. The molecule has 0 radical (unpaired) electrons. The average molecular weight is 236 g/mol. The highest BCUT2D eigenvalue weighted by Gasteiger charge is 2.41. The van der Waals surface area contributed by atoms with Crippen LogP contribution in [0.1, 0.15) is 42.6 Å². The Balaban J connectivity index is 3.38. The second kappa shape index (κ2) is 3.54. The number of furan rings is 1. The van der Waals surface area contributed by atoms with Crippen LogP contribution in [0.5, 0.6) is 0 Å². The summed E-state index contributed by atoms with van der Waals surface area (Å²) in [6.45, 7) is 4.91. The van der Waals surface area contributed by atoms with E-state index < -0.39 is 28.9 Å². The van der Waals surface area contributed by atoms with Gasteiger partial charge < -0.3 is 9.52 Å². The molecule has 0 saturated heterocycles. The largest absolute Gasteiger partial charge is 0.478 e. The Morgan fingerprint density at radius 1 is 1.31 bits per heavy atom. The summed E-state index contributed by atoms with van der Waals surface area (Å²) >= 11 is 0. The summed E-state index contributed by atoms with van der Waals surface area (Å²) in [5.74, 6) is -3.10. The summed E-state index contributed by atoms with van der Waals surface area (Å²) in [6.07, 6.45) is -4.79. The molecule has 16 heavy (non-hydrogen) atoms. The summed E-state index contributed by atoms with van der Waals surface area (Å²) < 4.78 is 42.0. The highest BCUT2D eigenvalue weighted by atomic mass is 19.4. The van der Waals surface area contributed by atoms with Gasteiger partial charge in [-0.25, -0.2) is 4.79 Å². The monoisotopic (exact) mass is 236 g/mol. The second-order valence-electron chi connectivity index (χ2n) is 4.41. The summed E-state index contributed by atoms with van der Waals surface area (Å²) in [7, 11) is 0. The summed E-state index contributed by atoms with van der Waals surface area (Å²) in [5, 5.41) is 8.65. The number of rotatable bonds is 1. The Morgan fingerprint density at radius 2 is 1.81 bits per heavy atom. The molecule has 0 aliphatic carbocycles. The fraction of sp³-hybridized carbons (Fsp3) is 0.500. The zero-order valence-electron chi connectivity index (χ0n) is 8.97. The molecule has 0 unspecified atom stereocenters. The molecule has 0 aliphatic heterocycles. The van der Waals surface area contributed by atoms with Crippen LogP contribution in [0.15, 0.2) is 10.5 Å². The number of carbonyl (C=O) groups is 1. The zero-order valence-corrected chi connectivity index (χ0v) is 8.97. The lowest BCUT2D eigenvalue weighted by Crippen LogP contribution is -2.10. The van der Waals surface area contributed by atoms with Crippen LogP contribution in [0.2, 0.25) is 0 Å². The first kappa shape index (κ1) is 12.6. The first-order valence-electron chi connectivity index (χ1n) is 4.48. The first-order chi connectivity index (χ1) is 7.03.